The fourth-order valence-electron chi connectivity index (χ4n) is 4.94. The molecule has 204 valence electrons. The van der Waals surface area contributed by atoms with Gasteiger partial charge in [0.1, 0.15) is 11.9 Å². The molecule has 3 rings (SSSR count). The van der Waals surface area contributed by atoms with Gasteiger partial charge in [0.05, 0.1) is 18.8 Å². The molecule has 0 aliphatic heterocycles. The van der Waals surface area contributed by atoms with Crippen molar-refractivity contribution >= 4 is 6.16 Å². The fraction of sp³-hybridized carbons (Fsp3) is 0.594. The van der Waals surface area contributed by atoms with E-state index in [1.54, 1.807) is 0 Å². The van der Waals surface area contributed by atoms with Crippen LogP contribution in [-0.2, 0) is 15.1 Å². The van der Waals surface area contributed by atoms with Crippen molar-refractivity contribution in [2.75, 3.05) is 13.2 Å². The number of benzene rings is 2. The van der Waals surface area contributed by atoms with Gasteiger partial charge < -0.3 is 19.3 Å². The normalized spacial score (nSPS) is 19.4. The van der Waals surface area contributed by atoms with Gasteiger partial charge in [0, 0.05) is 0 Å². The molecule has 0 saturated heterocycles. The van der Waals surface area contributed by atoms with E-state index in [1.165, 1.54) is 25.7 Å². The third kappa shape index (κ3) is 9.70. The molecule has 5 heteroatoms. The average Bonchev–Trinajstić information content (AvgIpc) is 2.92. The first-order valence-electron chi connectivity index (χ1n) is 14.4. The Bertz CT molecular complexity index is 898. The Morgan fingerprint density at radius 2 is 1.32 bits per heavy atom. The zero-order valence-electron chi connectivity index (χ0n) is 22.9. The Hall–Kier alpha value is -2.53. The number of aliphatic hydroxyl groups is 1. The molecule has 2 aromatic rings. The van der Waals surface area contributed by atoms with Crippen LogP contribution in [0, 0.1) is 0 Å². The van der Waals surface area contributed by atoms with E-state index in [0.29, 0.717) is 32.3 Å². The predicted molar refractivity (Wildman–Crippen MR) is 149 cm³/mol. The maximum Gasteiger partial charge on any atom is 0.508 e. The Kier molecular flexibility index (Phi) is 12.3. The van der Waals surface area contributed by atoms with Crippen LogP contribution in [0.1, 0.15) is 103 Å². The van der Waals surface area contributed by atoms with Crippen LogP contribution >= 0.6 is 0 Å². The van der Waals surface area contributed by atoms with Gasteiger partial charge in [0.2, 0.25) is 0 Å². The molecule has 0 bridgehead atoms. The summed E-state index contributed by atoms with van der Waals surface area (Å²) in [5.74, 6) is 0.907. The topological polar surface area (TPSA) is 65.0 Å². The summed E-state index contributed by atoms with van der Waals surface area (Å²) < 4.78 is 16.6. The van der Waals surface area contributed by atoms with E-state index in [4.69, 9.17) is 14.2 Å². The maximum absolute atomic E-state index is 12.0. The first kappa shape index (κ1) is 29.0. The summed E-state index contributed by atoms with van der Waals surface area (Å²) in [6.45, 7) is 5.56. The number of carbonyl (C=O) groups is 1. The van der Waals surface area contributed by atoms with E-state index in [2.05, 4.69) is 38.1 Å². The number of carbonyl (C=O) groups excluding carboxylic acids is 1. The lowest BCUT2D eigenvalue weighted by atomic mass is 9.78. The summed E-state index contributed by atoms with van der Waals surface area (Å²) >= 11 is 0. The van der Waals surface area contributed by atoms with Gasteiger partial charge in [-0.3, -0.25) is 0 Å². The van der Waals surface area contributed by atoms with Crippen molar-refractivity contribution < 1.29 is 24.1 Å². The largest absolute Gasteiger partial charge is 0.508 e. The minimum absolute atomic E-state index is 0.195. The summed E-state index contributed by atoms with van der Waals surface area (Å²) in [6.07, 6.45) is 12.0. The van der Waals surface area contributed by atoms with Crippen LogP contribution in [0.25, 0.3) is 11.1 Å². The molecule has 0 aromatic heterocycles. The zero-order chi connectivity index (χ0) is 26.3. The second-order valence-corrected chi connectivity index (χ2v) is 10.4. The predicted octanol–water partition coefficient (Wildman–Crippen LogP) is 8.57. The number of hydrogen-bond donors (Lipinski definition) is 1. The highest BCUT2D eigenvalue weighted by atomic mass is 16.7. The number of rotatable bonds is 15. The lowest BCUT2D eigenvalue weighted by molar-refractivity contribution is -0.0538. The third-order valence-electron chi connectivity index (χ3n) is 7.37. The Balaban J connectivity index is 1.42. The lowest BCUT2D eigenvalue weighted by Crippen LogP contribution is -2.35. The summed E-state index contributed by atoms with van der Waals surface area (Å²) in [4.78, 5) is 12.0. The molecule has 0 unspecified atom stereocenters. The first-order valence-corrected chi connectivity index (χ1v) is 14.4. The molecule has 1 saturated carbocycles. The van der Waals surface area contributed by atoms with Gasteiger partial charge in [-0.05, 0) is 67.3 Å². The van der Waals surface area contributed by atoms with Crippen LogP contribution in [-0.4, -0.2) is 30.6 Å². The molecule has 5 nitrogen and oxygen atoms in total. The fourth-order valence-corrected chi connectivity index (χ4v) is 4.94. The van der Waals surface area contributed by atoms with Crippen molar-refractivity contribution in [1.29, 1.82) is 0 Å². The van der Waals surface area contributed by atoms with Crippen molar-refractivity contribution in [3.8, 4) is 16.9 Å². The molecular weight excluding hydrogens is 464 g/mol. The van der Waals surface area contributed by atoms with Gasteiger partial charge in [0.15, 0.2) is 0 Å². The monoisotopic (exact) mass is 510 g/mol. The Labute approximate surface area is 223 Å². The zero-order valence-corrected chi connectivity index (χ0v) is 22.9. The smallest absolute Gasteiger partial charge is 0.494 e. The SMILES string of the molecule is CCCCCCCOc1ccc(-c2ccc(C3(O)CCC(OC(=O)OCCCCCC)CC3)cc2)cc1. The molecule has 0 atom stereocenters. The van der Waals surface area contributed by atoms with E-state index < -0.39 is 11.8 Å². The van der Waals surface area contributed by atoms with Gasteiger partial charge in [-0.1, -0.05) is 95.2 Å². The van der Waals surface area contributed by atoms with Gasteiger partial charge in [-0.15, -0.1) is 0 Å². The van der Waals surface area contributed by atoms with Crippen molar-refractivity contribution in [2.45, 2.75) is 109 Å². The van der Waals surface area contributed by atoms with Gasteiger partial charge in [-0.2, -0.15) is 0 Å². The molecule has 1 N–H and O–H groups in total. The van der Waals surface area contributed by atoms with Crippen LogP contribution in [0.15, 0.2) is 48.5 Å². The maximum atomic E-state index is 12.0. The summed E-state index contributed by atoms with van der Waals surface area (Å²) in [5, 5.41) is 11.3. The quantitative estimate of drug-likeness (QED) is 0.192. The third-order valence-corrected chi connectivity index (χ3v) is 7.37. The van der Waals surface area contributed by atoms with E-state index in [9.17, 15) is 9.90 Å². The average molecular weight is 511 g/mol. The highest BCUT2D eigenvalue weighted by Gasteiger charge is 2.36. The molecule has 0 spiro atoms. The number of hydrogen-bond acceptors (Lipinski definition) is 5. The van der Waals surface area contributed by atoms with E-state index in [0.717, 1.165) is 61.2 Å². The molecule has 1 aliphatic carbocycles. The lowest BCUT2D eigenvalue weighted by Gasteiger charge is -2.36. The molecule has 0 radical (unpaired) electrons. The van der Waals surface area contributed by atoms with Gasteiger partial charge in [0.25, 0.3) is 0 Å². The molecule has 0 amide bonds. The standard InChI is InChI=1S/C32H46O5/c1-3-5-7-9-11-24-35-29-18-14-27(15-19-29)26-12-16-28(17-13-26)32(34)22-20-30(21-23-32)37-31(33)36-25-10-8-6-4-2/h12-19,30,34H,3-11,20-25H2,1-2H3. The van der Waals surface area contributed by atoms with Crippen molar-refractivity contribution in [2.24, 2.45) is 0 Å². The molecule has 1 aliphatic rings. The second-order valence-electron chi connectivity index (χ2n) is 10.4. The van der Waals surface area contributed by atoms with Crippen LogP contribution in [0.5, 0.6) is 5.75 Å². The molecule has 37 heavy (non-hydrogen) atoms. The summed E-state index contributed by atoms with van der Waals surface area (Å²) in [6, 6.07) is 16.4. The second kappa shape index (κ2) is 15.7. The minimum Gasteiger partial charge on any atom is -0.494 e. The number of ether oxygens (including phenoxy) is 3. The molecule has 2 aromatic carbocycles. The highest BCUT2D eigenvalue weighted by Crippen LogP contribution is 2.39. The van der Waals surface area contributed by atoms with Crippen molar-refractivity contribution in [1.82, 2.24) is 0 Å². The Morgan fingerprint density at radius 3 is 1.95 bits per heavy atom. The van der Waals surface area contributed by atoms with Crippen LogP contribution in [0.4, 0.5) is 4.79 Å². The minimum atomic E-state index is -0.892. The summed E-state index contributed by atoms with van der Waals surface area (Å²) in [7, 11) is 0. The van der Waals surface area contributed by atoms with Crippen LogP contribution in [0.2, 0.25) is 0 Å². The number of unbranched alkanes of at least 4 members (excludes halogenated alkanes) is 7. The van der Waals surface area contributed by atoms with E-state index in [-0.39, 0.29) is 6.10 Å². The molecular formula is C32H46O5. The van der Waals surface area contributed by atoms with E-state index in [1.807, 2.05) is 24.3 Å². The van der Waals surface area contributed by atoms with Crippen molar-refractivity contribution in [3.63, 3.8) is 0 Å². The Morgan fingerprint density at radius 1 is 0.784 bits per heavy atom. The molecule has 1 fully saturated rings. The van der Waals surface area contributed by atoms with Gasteiger partial charge in [-0.25, -0.2) is 4.79 Å². The highest BCUT2D eigenvalue weighted by molar-refractivity contribution is 5.64. The van der Waals surface area contributed by atoms with E-state index >= 15 is 0 Å². The van der Waals surface area contributed by atoms with Gasteiger partial charge >= 0.3 is 6.16 Å². The molecule has 0 heterocycles. The van der Waals surface area contributed by atoms with Crippen LogP contribution in [0.3, 0.4) is 0 Å². The summed E-state index contributed by atoms with van der Waals surface area (Å²) in [5.41, 5.74) is 2.25. The van der Waals surface area contributed by atoms with Crippen LogP contribution < -0.4 is 4.74 Å². The van der Waals surface area contributed by atoms with Crippen molar-refractivity contribution in [3.05, 3.63) is 54.1 Å². The first-order chi connectivity index (χ1) is 18.0.